The van der Waals surface area contributed by atoms with E-state index in [0.717, 1.165) is 55.6 Å². The lowest BCUT2D eigenvalue weighted by Crippen LogP contribution is -2.62. The summed E-state index contributed by atoms with van der Waals surface area (Å²) in [4.78, 5) is 0. The molecule has 0 aliphatic heterocycles. The highest BCUT2D eigenvalue weighted by Crippen LogP contribution is 2.58. The molecule has 0 radical (unpaired) electrons. The third-order valence-electron chi connectivity index (χ3n) is 6.11. The van der Waals surface area contributed by atoms with Gasteiger partial charge in [0.25, 0.3) is 0 Å². The van der Waals surface area contributed by atoms with Crippen molar-refractivity contribution in [2.24, 2.45) is 11.8 Å². The molecule has 2 N–H and O–H groups in total. The first-order chi connectivity index (χ1) is 11.1. The molecule has 4 bridgehead atoms. The number of aromatic nitrogens is 4. The van der Waals surface area contributed by atoms with Crippen molar-refractivity contribution in [2.75, 3.05) is 5.32 Å². The van der Waals surface area contributed by atoms with Gasteiger partial charge in [0, 0.05) is 5.54 Å². The molecule has 2 heterocycles. The van der Waals surface area contributed by atoms with E-state index in [1.165, 1.54) is 6.42 Å². The first-order valence-electron chi connectivity index (χ1n) is 8.77. The Morgan fingerprint density at radius 3 is 2.78 bits per heavy atom. The van der Waals surface area contributed by atoms with Gasteiger partial charge in [-0.05, 0) is 62.8 Å². The van der Waals surface area contributed by atoms with Crippen LogP contribution >= 0.6 is 0 Å². The zero-order valence-electron chi connectivity index (χ0n) is 13.5. The fourth-order valence-corrected chi connectivity index (χ4v) is 5.79. The highest BCUT2D eigenvalue weighted by atomic mass is 16.3. The number of nitrogens with one attached hydrogen (secondary N) is 1. The molecule has 4 aliphatic rings. The predicted molar refractivity (Wildman–Crippen MR) is 86.1 cm³/mol. The van der Waals surface area contributed by atoms with Crippen LogP contribution in [-0.2, 0) is 6.42 Å². The molecule has 0 spiro atoms. The van der Waals surface area contributed by atoms with E-state index in [1.54, 1.807) is 10.8 Å². The second kappa shape index (κ2) is 4.44. The SMILES string of the molecule is CCc1cc(NC23CC4CC(CC(O)(C4)C2)C3)c2nncn2n1. The van der Waals surface area contributed by atoms with Crippen molar-refractivity contribution in [1.82, 2.24) is 19.8 Å². The molecule has 122 valence electrons. The lowest BCUT2D eigenvalue weighted by atomic mass is 9.51. The van der Waals surface area contributed by atoms with Crippen LogP contribution < -0.4 is 5.32 Å². The van der Waals surface area contributed by atoms with Crippen molar-refractivity contribution in [3.8, 4) is 0 Å². The highest BCUT2D eigenvalue weighted by molar-refractivity contribution is 5.68. The standard InChI is InChI=1S/C17H23N5O/c1-2-13-4-14(15-20-18-10-22(15)21-13)19-16-5-11-3-12(6-16)8-17(23,7-11)9-16/h4,10-12,19,23H,2-3,5-9H2,1H3. The molecule has 2 aromatic heterocycles. The summed E-state index contributed by atoms with van der Waals surface area (Å²) in [6.07, 6.45) is 9.00. The Hall–Kier alpha value is -1.69. The van der Waals surface area contributed by atoms with Crippen molar-refractivity contribution >= 4 is 11.3 Å². The van der Waals surface area contributed by atoms with Crippen LogP contribution in [-0.4, -0.2) is 36.1 Å². The number of aliphatic hydroxyl groups is 1. The summed E-state index contributed by atoms with van der Waals surface area (Å²) in [6, 6.07) is 2.10. The molecule has 6 heteroatoms. The number of anilines is 1. The summed E-state index contributed by atoms with van der Waals surface area (Å²) in [5, 5.41) is 27.5. The van der Waals surface area contributed by atoms with E-state index in [0.29, 0.717) is 11.8 Å². The third-order valence-corrected chi connectivity index (χ3v) is 6.11. The molecule has 2 unspecified atom stereocenters. The van der Waals surface area contributed by atoms with Gasteiger partial charge >= 0.3 is 0 Å². The lowest BCUT2D eigenvalue weighted by Gasteiger charge is -2.60. The normalized spacial score (nSPS) is 38.3. The van der Waals surface area contributed by atoms with Gasteiger partial charge in [-0.15, -0.1) is 10.2 Å². The second-order valence-electron chi connectivity index (χ2n) is 8.09. The average molecular weight is 313 g/mol. The Bertz CT molecular complexity index is 755. The molecule has 23 heavy (non-hydrogen) atoms. The van der Waals surface area contributed by atoms with Gasteiger partial charge in [0.1, 0.15) is 6.33 Å². The quantitative estimate of drug-likeness (QED) is 0.908. The third kappa shape index (κ3) is 2.07. The zero-order chi connectivity index (χ0) is 15.7. The number of fused-ring (bicyclic) bond motifs is 1. The van der Waals surface area contributed by atoms with E-state index in [2.05, 4.69) is 33.6 Å². The summed E-state index contributed by atoms with van der Waals surface area (Å²) in [7, 11) is 0. The van der Waals surface area contributed by atoms with E-state index >= 15 is 0 Å². The van der Waals surface area contributed by atoms with Crippen molar-refractivity contribution in [2.45, 2.75) is 63.0 Å². The Labute approximate surface area is 135 Å². The lowest BCUT2D eigenvalue weighted by molar-refractivity contribution is -0.127. The molecular formula is C17H23N5O. The molecule has 4 aliphatic carbocycles. The minimum Gasteiger partial charge on any atom is -0.390 e. The second-order valence-corrected chi connectivity index (χ2v) is 8.09. The fourth-order valence-electron chi connectivity index (χ4n) is 5.79. The highest BCUT2D eigenvalue weighted by Gasteiger charge is 2.57. The van der Waals surface area contributed by atoms with Crippen LogP contribution in [0.5, 0.6) is 0 Å². The summed E-state index contributed by atoms with van der Waals surface area (Å²) in [6.45, 7) is 2.11. The van der Waals surface area contributed by atoms with E-state index in [1.807, 2.05) is 0 Å². The summed E-state index contributed by atoms with van der Waals surface area (Å²) in [5.74, 6) is 1.32. The van der Waals surface area contributed by atoms with Crippen LogP contribution in [0.25, 0.3) is 5.65 Å². The Balaban J connectivity index is 1.55. The Kier molecular flexibility index (Phi) is 2.65. The van der Waals surface area contributed by atoms with Gasteiger partial charge in [0.2, 0.25) is 5.65 Å². The molecule has 4 saturated carbocycles. The topological polar surface area (TPSA) is 75.3 Å². The van der Waals surface area contributed by atoms with E-state index < -0.39 is 5.60 Å². The molecule has 0 saturated heterocycles. The minimum atomic E-state index is -0.457. The first kappa shape index (κ1) is 13.7. The maximum Gasteiger partial charge on any atom is 0.200 e. The maximum absolute atomic E-state index is 10.9. The van der Waals surface area contributed by atoms with Crippen LogP contribution in [0.15, 0.2) is 12.4 Å². The van der Waals surface area contributed by atoms with E-state index in [9.17, 15) is 5.11 Å². The Morgan fingerprint density at radius 2 is 2.09 bits per heavy atom. The largest absolute Gasteiger partial charge is 0.390 e. The number of rotatable bonds is 3. The molecule has 6 rings (SSSR count). The van der Waals surface area contributed by atoms with Crippen LogP contribution in [0, 0.1) is 11.8 Å². The van der Waals surface area contributed by atoms with E-state index in [4.69, 9.17) is 0 Å². The van der Waals surface area contributed by atoms with Gasteiger partial charge < -0.3 is 10.4 Å². The van der Waals surface area contributed by atoms with Crippen LogP contribution in [0.4, 0.5) is 5.69 Å². The van der Waals surface area contributed by atoms with Gasteiger partial charge in [0.15, 0.2) is 0 Å². The number of hydrogen-bond acceptors (Lipinski definition) is 5. The summed E-state index contributed by atoms with van der Waals surface area (Å²) in [5.41, 5.74) is 2.38. The summed E-state index contributed by atoms with van der Waals surface area (Å²) >= 11 is 0. The number of aryl methyl sites for hydroxylation is 1. The van der Waals surface area contributed by atoms with Crippen LogP contribution in [0.2, 0.25) is 0 Å². The Morgan fingerprint density at radius 1 is 1.30 bits per heavy atom. The van der Waals surface area contributed by atoms with Crippen molar-refractivity contribution in [3.63, 3.8) is 0 Å². The van der Waals surface area contributed by atoms with Crippen LogP contribution in [0.3, 0.4) is 0 Å². The number of hydrogen-bond donors (Lipinski definition) is 2. The van der Waals surface area contributed by atoms with Gasteiger partial charge in [-0.3, -0.25) is 0 Å². The maximum atomic E-state index is 10.9. The van der Waals surface area contributed by atoms with Gasteiger partial charge in [0.05, 0.1) is 17.0 Å². The smallest absolute Gasteiger partial charge is 0.200 e. The average Bonchev–Trinajstić information content (AvgIpc) is 2.92. The summed E-state index contributed by atoms with van der Waals surface area (Å²) < 4.78 is 1.76. The first-order valence-corrected chi connectivity index (χ1v) is 8.77. The van der Waals surface area contributed by atoms with Crippen molar-refractivity contribution in [1.29, 1.82) is 0 Å². The monoisotopic (exact) mass is 313 g/mol. The molecule has 2 atom stereocenters. The molecule has 6 nitrogen and oxygen atoms in total. The van der Waals surface area contributed by atoms with Gasteiger partial charge in [-0.1, -0.05) is 6.92 Å². The zero-order valence-corrected chi connectivity index (χ0v) is 13.5. The van der Waals surface area contributed by atoms with E-state index in [-0.39, 0.29) is 5.54 Å². The molecule has 0 aromatic carbocycles. The molecule has 4 fully saturated rings. The van der Waals surface area contributed by atoms with Crippen LogP contribution in [0.1, 0.15) is 51.1 Å². The van der Waals surface area contributed by atoms with Crippen molar-refractivity contribution in [3.05, 3.63) is 18.1 Å². The number of nitrogens with zero attached hydrogens (tertiary/aromatic N) is 4. The molecule has 0 amide bonds. The fraction of sp³-hybridized carbons (Fsp3) is 0.706. The molecular weight excluding hydrogens is 290 g/mol. The van der Waals surface area contributed by atoms with Gasteiger partial charge in [-0.2, -0.15) is 9.61 Å². The minimum absolute atomic E-state index is 0.0115. The van der Waals surface area contributed by atoms with Crippen molar-refractivity contribution < 1.29 is 5.11 Å². The predicted octanol–water partition coefficient (Wildman–Crippen LogP) is 2.18. The van der Waals surface area contributed by atoms with Gasteiger partial charge in [-0.25, -0.2) is 0 Å². The molecule has 2 aromatic rings.